The molecule has 7 nitrogen and oxygen atoms in total. The quantitative estimate of drug-likeness (QED) is 0.632. The zero-order chi connectivity index (χ0) is 18.1. The van der Waals surface area contributed by atoms with Crippen molar-refractivity contribution in [3.8, 4) is 0 Å². The molecule has 0 N–H and O–H groups in total. The fourth-order valence-corrected chi connectivity index (χ4v) is 5.62. The molecule has 6 rings (SSSR count). The Balaban J connectivity index is 1.17. The third-order valence-electron chi connectivity index (χ3n) is 6.53. The van der Waals surface area contributed by atoms with Crippen LogP contribution in [0.25, 0.3) is 0 Å². The summed E-state index contributed by atoms with van der Waals surface area (Å²) in [6.45, 7) is 2.19. The Bertz CT molecular complexity index is 823. The van der Waals surface area contributed by atoms with Crippen molar-refractivity contribution in [1.29, 1.82) is 0 Å². The SMILES string of the molecule is O=C1N=C(N2CCC3(CC2)OCc2ccccc23)OC12C[C@@H]1OSO[C@@H]1C2. The molecular formula is C19H20N2O5S. The standard InChI is InChI=1S/C19H20N2O5S/c22-16-19(9-14-15(10-19)26-27-25-14)24-17(20-16)21-7-5-18(6-8-21)13-4-2-1-3-12(13)11-23-18/h1-4,14-15H,5-11H2/t14-,15+,19?. The molecule has 2 saturated heterocycles. The lowest BCUT2D eigenvalue weighted by Gasteiger charge is -2.39. The van der Waals surface area contributed by atoms with Crippen molar-refractivity contribution >= 4 is 24.3 Å². The van der Waals surface area contributed by atoms with Crippen molar-refractivity contribution in [2.24, 2.45) is 4.99 Å². The van der Waals surface area contributed by atoms with Gasteiger partial charge in [0.15, 0.2) is 17.9 Å². The Morgan fingerprint density at radius 3 is 2.59 bits per heavy atom. The zero-order valence-electron chi connectivity index (χ0n) is 14.8. The van der Waals surface area contributed by atoms with Crippen molar-refractivity contribution in [2.45, 2.75) is 55.7 Å². The Hall–Kier alpha value is -1.61. The number of hydrogen-bond donors (Lipinski definition) is 0. The molecule has 1 aromatic carbocycles. The minimum atomic E-state index is -0.906. The zero-order valence-corrected chi connectivity index (χ0v) is 15.6. The van der Waals surface area contributed by atoms with E-state index in [1.165, 1.54) is 11.1 Å². The first kappa shape index (κ1) is 16.4. The van der Waals surface area contributed by atoms with E-state index in [2.05, 4.69) is 34.2 Å². The van der Waals surface area contributed by atoms with Crippen molar-refractivity contribution in [2.75, 3.05) is 13.1 Å². The molecule has 4 heterocycles. The number of fused-ring (bicyclic) bond motifs is 3. The van der Waals surface area contributed by atoms with Crippen molar-refractivity contribution < 1.29 is 22.6 Å². The molecule has 1 aromatic rings. The second-order valence-electron chi connectivity index (χ2n) is 7.97. The fourth-order valence-electron chi connectivity index (χ4n) is 4.99. The van der Waals surface area contributed by atoms with Crippen LogP contribution in [0.15, 0.2) is 29.3 Å². The molecule has 5 aliphatic rings. The monoisotopic (exact) mass is 388 g/mol. The first-order valence-corrected chi connectivity index (χ1v) is 10.1. The third kappa shape index (κ3) is 2.33. The average Bonchev–Trinajstić information content (AvgIpc) is 3.42. The predicted molar refractivity (Wildman–Crippen MR) is 96.5 cm³/mol. The molecule has 1 amide bonds. The van der Waals surface area contributed by atoms with Crippen LogP contribution in [0.3, 0.4) is 0 Å². The van der Waals surface area contributed by atoms with Gasteiger partial charge in [-0.3, -0.25) is 13.2 Å². The number of hydrogen-bond acceptors (Lipinski definition) is 7. The molecule has 0 radical (unpaired) electrons. The average molecular weight is 388 g/mol. The predicted octanol–water partition coefficient (Wildman–Crippen LogP) is 2.30. The smallest absolute Gasteiger partial charge is 0.296 e. The molecular weight excluding hydrogens is 368 g/mol. The minimum Gasteiger partial charge on any atom is -0.448 e. The van der Waals surface area contributed by atoms with Gasteiger partial charge in [-0.2, -0.15) is 4.99 Å². The highest BCUT2D eigenvalue weighted by atomic mass is 32.2. The van der Waals surface area contributed by atoms with Gasteiger partial charge >= 0.3 is 0 Å². The number of carbonyl (C=O) groups excluding carboxylic acids is 1. The van der Waals surface area contributed by atoms with E-state index < -0.39 is 5.60 Å². The highest BCUT2D eigenvalue weighted by Gasteiger charge is 2.60. The molecule has 8 heteroatoms. The second kappa shape index (κ2) is 5.70. The first-order chi connectivity index (χ1) is 13.2. The van der Waals surface area contributed by atoms with Gasteiger partial charge in [-0.15, -0.1) is 0 Å². The van der Waals surface area contributed by atoms with Gasteiger partial charge in [0.2, 0.25) is 0 Å². The summed E-state index contributed by atoms with van der Waals surface area (Å²) in [7, 11) is 0. The van der Waals surface area contributed by atoms with E-state index in [0.717, 1.165) is 38.3 Å². The lowest BCUT2D eigenvalue weighted by molar-refractivity contribution is -0.131. The van der Waals surface area contributed by atoms with Crippen LogP contribution < -0.4 is 0 Å². The van der Waals surface area contributed by atoms with Crippen LogP contribution in [0.2, 0.25) is 0 Å². The molecule has 27 heavy (non-hydrogen) atoms. The van der Waals surface area contributed by atoms with E-state index in [9.17, 15) is 4.79 Å². The number of nitrogens with zero attached hydrogens (tertiary/aromatic N) is 2. The van der Waals surface area contributed by atoms with Crippen molar-refractivity contribution in [1.82, 2.24) is 4.90 Å². The topological polar surface area (TPSA) is 69.6 Å². The van der Waals surface area contributed by atoms with E-state index in [-0.39, 0.29) is 23.7 Å². The van der Waals surface area contributed by atoms with E-state index >= 15 is 0 Å². The van der Waals surface area contributed by atoms with Gasteiger partial charge in [0, 0.05) is 25.9 Å². The van der Waals surface area contributed by atoms with Gasteiger partial charge in [-0.05, 0) is 24.0 Å². The molecule has 2 spiro atoms. The summed E-state index contributed by atoms with van der Waals surface area (Å²) in [6, 6.07) is 8.91. The summed E-state index contributed by atoms with van der Waals surface area (Å²) in [5.74, 6) is -0.202. The number of amidine groups is 1. The Morgan fingerprint density at radius 2 is 1.81 bits per heavy atom. The number of carbonyl (C=O) groups is 1. The van der Waals surface area contributed by atoms with Crippen molar-refractivity contribution in [3.63, 3.8) is 0 Å². The summed E-state index contributed by atoms with van der Waals surface area (Å²) < 4.78 is 23.3. The lowest BCUT2D eigenvalue weighted by Crippen LogP contribution is -2.46. The van der Waals surface area contributed by atoms with Crippen LogP contribution in [0.5, 0.6) is 0 Å². The molecule has 1 saturated carbocycles. The maximum atomic E-state index is 12.6. The molecule has 1 aliphatic carbocycles. The van der Waals surface area contributed by atoms with Gasteiger partial charge in [0.25, 0.3) is 11.9 Å². The summed E-state index contributed by atoms with van der Waals surface area (Å²) in [5, 5.41) is 0. The molecule has 1 unspecified atom stereocenters. The number of benzene rings is 1. The van der Waals surface area contributed by atoms with Gasteiger partial charge in [-0.1, -0.05) is 24.3 Å². The van der Waals surface area contributed by atoms with Crippen LogP contribution >= 0.6 is 12.3 Å². The van der Waals surface area contributed by atoms with Crippen molar-refractivity contribution in [3.05, 3.63) is 35.4 Å². The molecule has 0 bridgehead atoms. The molecule has 3 atom stereocenters. The summed E-state index contributed by atoms with van der Waals surface area (Å²) in [4.78, 5) is 18.9. The normalized spacial score (nSPS) is 36.2. The van der Waals surface area contributed by atoms with Gasteiger partial charge in [0.05, 0.1) is 12.2 Å². The number of likely N-dealkylation sites (tertiary alicyclic amines) is 1. The van der Waals surface area contributed by atoms with E-state index in [1.54, 1.807) is 0 Å². The second-order valence-corrected chi connectivity index (χ2v) is 8.49. The Morgan fingerprint density at radius 1 is 1.07 bits per heavy atom. The van der Waals surface area contributed by atoms with Crippen LogP contribution in [0.4, 0.5) is 0 Å². The summed E-state index contributed by atoms with van der Waals surface area (Å²) >= 11 is 1.01. The number of amides is 1. The highest BCUT2D eigenvalue weighted by molar-refractivity contribution is 7.90. The van der Waals surface area contributed by atoms with Crippen LogP contribution in [-0.2, 0) is 34.8 Å². The molecule has 0 aromatic heterocycles. The van der Waals surface area contributed by atoms with E-state index in [1.807, 2.05) is 0 Å². The molecule has 3 fully saturated rings. The summed E-state index contributed by atoms with van der Waals surface area (Å²) in [5.41, 5.74) is 1.47. The maximum absolute atomic E-state index is 12.6. The van der Waals surface area contributed by atoms with Gasteiger partial charge in [0.1, 0.15) is 12.2 Å². The fraction of sp³-hybridized carbons (Fsp3) is 0.579. The Kier molecular flexibility index (Phi) is 3.45. The molecule has 142 valence electrons. The first-order valence-electron chi connectivity index (χ1n) is 9.46. The van der Waals surface area contributed by atoms with Crippen LogP contribution in [0, 0.1) is 0 Å². The highest BCUT2D eigenvalue weighted by Crippen LogP contribution is 2.48. The number of rotatable bonds is 0. The number of aliphatic imine (C=N–C) groups is 1. The third-order valence-corrected chi connectivity index (χ3v) is 7.18. The largest absolute Gasteiger partial charge is 0.448 e. The van der Waals surface area contributed by atoms with E-state index in [4.69, 9.17) is 17.8 Å². The lowest BCUT2D eigenvalue weighted by atomic mass is 9.84. The van der Waals surface area contributed by atoms with Crippen LogP contribution in [0.1, 0.15) is 36.8 Å². The molecule has 4 aliphatic heterocycles. The number of piperidine rings is 1. The Labute approximate surface area is 161 Å². The van der Waals surface area contributed by atoms with E-state index in [0.29, 0.717) is 25.5 Å². The van der Waals surface area contributed by atoms with Crippen LogP contribution in [-0.4, -0.2) is 47.7 Å². The van der Waals surface area contributed by atoms with Gasteiger partial charge in [-0.25, -0.2) is 0 Å². The van der Waals surface area contributed by atoms with Gasteiger partial charge < -0.3 is 14.4 Å². The number of ether oxygens (including phenoxy) is 2. The summed E-state index contributed by atoms with van der Waals surface area (Å²) in [6.07, 6.45) is 2.54. The minimum absolute atomic E-state index is 0.0958. The maximum Gasteiger partial charge on any atom is 0.296 e.